The molecule has 0 unspecified atom stereocenters. The Labute approximate surface area is 185 Å². The van der Waals surface area contributed by atoms with Crippen molar-refractivity contribution in [2.75, 3.05) is 0 Å². The first kappa shape index (κ1) is 22.8. The Balaban J connectivity index is 1.56. The molecule has 4 aliphatic carbocycles. The van der Waals surface area contributed by atoms with E-state index in [4.69, 9.17) is 0 Å². The highest BCUT2D eigenvalue weighted by molar-refractivity contribution is 5.12. The smallest absolute Gasteiger partial charge is 0.0648 e. The second-order valence-electron chi connectivity index (χ2n) is 12.7. The van der Waals surface area contributed by atoms with E-state index < -0.39 is 5.60 Å². The molecule has 0 heterocycles. The molecule has 0 aromatic heterocycles. The largest absolute Gasteiger partial charge is 0.392 e. The maximum Gasteiger partial charge on any atom is 0.0648 e. The van der Waals surface area contributed by atoms with Gasteiger partial charge in [0, 0.05) is 5.92 Å². The zero-order chi connectivity index (χ0) is 21.9. The third kappa shape index (κ3) is 3.35. The van der Waals surface area contributed by atoms with Crippen molar-refractivity contribution in [2.45, 2.75) is 111 Å². The third-order valence-electron chi connectivity index (χ3n) is 11.4. The second-order valence-corrected chi connectivity index (χ2v) is 12.7. The molecule has 10 atom stereocenters. The first-order valence-electron chi connectivity index (χ1n) is 13.1. The molecule has 2 N–H and O–H groups in total. The topological polar surface area (TPSA) is 40.5 Å². The number of hydrogen-bond donors (Lipinski definition) is 2. The van der Waals surface area contributed by atoms with Crippen molar-refractivity contribution in [3.8, 4) is 0 Å². The molecule has 4 saturated carbocycles. The summed E-state index contributed by atoms with van der Waals surface area (Å²) in [6.45, 7) is 15.8. The molecular weight excluding hydrogens is 368 g/mol. The molecule has 0 radical (unpaired) electrons. The van der Waals surface area contributed by atoms with Gasteiger partial charge in [-0.15, -0.1) is 6.58 Å². The molecular formula is C28H48O2. The molecule has 4 fully saturated rings. The molecule has 0 spiro atoms. The van der Waals surface area contributed by atoms with Crippen molar-refractivity contribution in [1.82, 2.24) is 0 Å². The summed E-state index contributed by atoms with van der Waals surface area (Å²) in [6, 6.07) is 0. The standard InChI is InChI=1S/C28H48O2/c1-7-20(25(29)18(3)4)22-11-12-23-21-10-9-19-17-28(30,8-2)16-15-26(19,5)24(21)13-14-27(22,23)6/h7,18-25,29-30H,1,8-17H2,2-6H3/t19-,20-,21-,22+,23-,24-,25+,26-,27+,28-/m0/s1. The van der Waals surface area contributed by atoms with Crippen LogP contribution in [0.25, 0.3) is 0 Å². The lowest BCUT2D eigenvalue weighted by atomic mass is 9.43. The molecule has 4 rings (SSSR count). The van der Waals surface area contributed by atoms with Gasteiger partial charge in [0.25, 0.3) is 0 Å². The summed E-state index contributed by atoms with van der Waals surface area (Å²) in [6.07, 6.45) is 14.0. The predicted octanol–water partition coefficient (Wildman–Crippen LogP) is 6.61. The first-order chi connectivity index (χ1) is 14.1. The minimum Gasteiger partial charge on any atom is -0.392 e. The fraction of sp³-hybridized carbons (Fsp3) is 0.929. The van der Waals surface area contributed by atoms with Crippen molar-refractivity contribution in [3.05, 3.63) is 12.7 Å². The molecule has 0 bridgehead atoms. The maximum absolute atomic E-state index is 11.0. The molecule has 0 saturated heterocycles. The van der Waals surface area contributed by atoms with Crippen molar-refractivity contribution >= 4 is 0 Å². The van der Waals surface area contributed by atoms with Gasteiger partial charge < -0.3 is 10.2 Å². The first-order valence-corrected chi connectivity index (χ1v) is 13.1. The van der Waals surface area contributed by atoms with E-state index >= 15 is 0 Å². The minimum atomic E-state index is -0.400. The van der Waals surface area contributed by atoms with Gasteiger partial charge in [0.15, 0.2) is 0 Å². The Kier molecular flexibility index (Phi) is 6.02. The van der Waals surface area contributed by atoms with E-state index in [1.165, 1.54) is 44.9 Å². The van der Waals surface area contributed by atoms with Crippen LogP contribution in [0, 0.1) is 52.3 Å². The minimum absolute atomic E-state index is 0.234. The van der Waals surface area contributed by atoms with E-state index in [9.17, 15) is 10.2 Å². The Morgan fingerprint density at radius 1 is 0.967 bits per heavy atom. The van der Waals surface area contributed by atoms with Gasteiger partial charge in [0.05, 0.1) is 11.7 Å². The van der Waals surface area contributed by atoms with Crippen LogP contribution in [0.4, 0.5) is 0 Å². The lowest BCUT2D eigenvalue weighted by Gasteiger charge is -2.62. The average molecular weight is 417 g/mol. The highest BCUT2D eigenvalue weighted by Crippen LogP contribution is 2.69. The molecule has 0 aromatic carbocycles. The summed E-state index contributed by atoms with van der Waals surface area (Å²) in [5.74, 6) is 4.32. The van der Waals surface area contributed by atoms with E-state index in [1.807, 2.05) is 0 Å². The molecule has 0 amide bonds. The zero-order valence-corrected chi connectivity index (χ0v) is 20.4. The predicted molar refractivity (Wildman–Crippen MR) is 125 cm³/mol. The van der Waals surface area contributed by atoms with Crippen molar-refractivity contribution in [1.29, 1.82) is 0 Å². The van der Waals surface area contributed by atoms with Crippen LogP contribution in [0.15, 0.2) is 12.7 Å². The quantitative estimate of drug-likeness (QED) is 0.495. The monoisotopic (exact) mass is 416 g/mol. The molecule has 0 aliphatic heterocycles. The van der Waals surface area contributed by atoms with Crippen molar-refractivity contribution < 1.29 is 10.2 Å². The van der Waals surface area contributed by atoms with E-state index in [0.717, 1.165) is 37.0 Å². The maximum atomic E-state index is 11.0. The van der Waals surface area contributed by atoms with Gasteiger partial charge in [0.1, 0.15) is 0 Å². The van der Waals surface area contributed by atoms with Gasteiger partial charge in [-0.05, 0) is 111 Å². The molecule has 0 aromatic rings. The third-order valence-corrected chi connectivity index (χ3v) is 11.4. The lowest BCUT2D eigenvalue weighted by Crippen LogP contribution is -2.56. The van der Waals surface area contributed by atoms with Gasteiger partial charge >= 0.3 is 0 Å². The zero-order valence-electron chi connectivity index (χ0n) is 20.4. The van der Waals surface area contributed by atoms with Crippen LogP contribution in [-0.4, -0.2) is 21.9 Å². The van der Waals surface area contributed by atoms with Crippen LogP contribution in [0.5, 0.6) is 0 Å². The van der Waals surface area contributed by atoms with Crippen LogP contribution in [0.2, 0.25) is 0 Å². The van der Waals surface area contributed by atoms with Gasteiger partial charge in [-0.1, -0.05) is 40.7 Å². The second kappa shape index (κ2) is 7.91. The van der Waals surface area contributed by atoms with Crippen LogP contribution in [0.3, 0.4) is 0 Å². The fourth-order valence-corrected chi connectivity index (χ4v) is 9.30. The van der Waals surface area contributed by atoms with Gasteiger partial charge in [-0.2, -0.15) is 0 Å². The van der Waals surface area contributed by atoms with E-state index in [0.29, 0.717) is 28.6 Å². The van der Waals surface area contributed by atoms with Crippen LogP contribution in [-0.2, 0) is 0 Å². The van der Waals surface area contributed by atoms with Crippen LogP contribution >= 0.6 is 0 Å². The highest BCUT2D eigenvalue weighted by atomic mass is 16.3. The fourth-order valence-electron chi connectivity index (χ4n) is 9.30. The number of fused-ring (bicyclic) bond motifs is 5. The summed E-state index contributed by atoms with van der Waals surface area (Å²) in [4.78, 5) is 0. The Bertz CT molecular complexity index is 643. The summed E-state index contributed by atoms with van der Waals surface area (Å²) < 4.78 is 0. The molecule has 30 heavy (non-hydrogen) atoms. The number of rotatable bonds is 5. The van der Waals surface area contributed by atoms with Crippen molar-refractivity contribution in [3.63, 3.8) is 0 Å². The van der Waals surface area contributed by atoms with Gasteiger partial charge in [-0.3, -0.25) is 0 Å². The SMILES string of the molecule is C=C[C@H]([C@H](O)C(C)C)[C@H]1CC[C@H]2[C@@H]3CC[C@H]4C[C@](O)(CC)CC[C@]4(C)[C@H]3CC[C@]12C. The number of aliphatic hydroxyl groups is 2. The van der Waals surface area contributed by atoms with Gasteiger partial charge in [0.2, 0.25) is 0 Å². The molecule has 4 aliphatic rings. The molecule has 172 valence electrons. The van der Waals surface area contributed by atoms with Crippen molar-refractivity contribution in [2.24, 2.45) is 52.3 Å². The highest BCUT2D eigenvalue weighted by Gasteiger charge is 2.62. The average Bonchev–Trinajstić information content (AvgIpc) is 3.06. The molecule has 2 nitrogen and oxygen atoms in total. The van der Waals surface area contributed by atoms with E-state index in [1.54, 1.807) is 0 Å². The van der Waals surface area contributed by atoms with E-state index in [-0.39, 0.29) is 12.0 Å². The lowest BCUT2D eigenvalue weighted by molar-refractivity contribution is -0.154. The Morgan fingerprint density at radius 3 is 2.30 bits per heavy atom. The number of hydrogen-bond acceptors (Lipinski definition) is 2. The number of aliphatic hydroxyl groups excluding tert-OH is 1. The van der Waals surface area contributed by atoms with Crippen LogP contribution < -0.4 is 0 Å². The summed E-state index contributed by atoms with van der Waals surface area (Å²) >= 11 is 0. The Hall–Kier alpha value is -0.340. The van der Waals surface area contributed by atoms with E-state index in [2.05, 4.69) is 47.3 Å². The van der Waals surface area contributed by atoms with Gasteiger partial charge in [-0.25, -0.2) is 0 Å². The summed E-state index contributed by atoms with van der Waals surface area (Å²) in [5.41, 5.74) is 0.389. The molecule has 2 heteroatoms. The Morgan fingerprint density at radius 2 is 1.67 bits per heavy atom. The normalized spacial score (nSPS) is 50.3. The van der Waals surface area contributed by atoms with Crippen LogP contribution in [0.1, 0.15) is 98.8 Å². The summed E-state index contributed by atoms with van der Waals surface area (Å²) in [5, 5.41) is 22.0. The summed E-state index contributed by atoms with van der Waals surface area (Å²) in [7, 11) is 0.